The fourth-order valence-electron chi connectivity index (χ4n) is 1.42. The highest BCUT2D eigenvalue weighted by molar-refractivity contribution is 5.97. The molecule has 0 saturated carbocycles. The summed E-state index contributed by atoms with van der Waals surface area (Å²) in [6.45, 7) is 3.03. The minimum absolute atomic E-state index is 0.0362. The molecule has 0 atom stereocenters. The second-order valence-electron chi connectivity index (χ2n) is 4.03. The van der Waals surface area contributed by atoms with Gasteiger partial charge in [-0.05, 0) is 26.7 Å². The van der Waals surface area contributed by atoms with Gasteiger partial charge in [0, 0.05) is 12.8 Å². The Labute approximate surface area is 91.2 Å². The van der Waals surface area contributed by atoms with Crippen LogP contribution in [-0.4, -0.2) is 17.3 Å². The summed E-state index contributed by atoms with van der Waals surface area (Å²) in [7, 11) is 0. The molecular formula is C12H20O3. The summed E-state index contributed by atoms with van der Waals surface area (Å²) in [5, 5.41) is 0. The molecule has 0 N–H and O–H groups in total. The van der Waals surface area contributed by atoms with E-state index in [0.29, 0.717) is 12.8 Å². The van der Waals surface area contributed by atoms with E-state index in [4.69, 9.17) is 0 Å². The highest BCUT2D eigenvalue weighted by Gasteiger charge is 2.04. The van der Waals surface area contributed by atoms with Crippen LogP contribution in [-0.2, 0) is 14.4 Å². The van der Waals surface area contributed by atoms with Crippen LogP contribution >= 0.6 is 0 Å². The molecule has 0 saturated heterocycles. The zero-order valence-corrected chi connectivity index (χ0v) is 9.67. The van der Waals surface area contributed by atoms with Gasteiger partial charge in [0.2, 0.25) is 0 Å². The summed E-state index contributed by atoms with van der Waals surface area (Å²) in [6.07, 6.45) is 4.93. The fourth-order valence-corrected chi connectivity index (χ4v) is 1.42. The van der Waals surface area contributed by atoms with E-state index in [9.17, 15) is 14.4 Å². The summed E-state index contributed by atoms with van der Waals surface area (Å²) in [6, 6.07) is 0. The summed E-state index contributed by atoms with van der Waals surface area (Å²) in [4.78, 5) is 32.3. The van der Waals surface area contributed by atoms with Crippen LogP contribution in [0.3, 0.4) is 0 Å². The van der Waals surface area contributed by atoms with E-state index < -0.39 is 0 Å². The molecule has 86 valence electrons. The van der Waals surface area contributed by atoms with Crippen LogP contribution in [0.2, 0.25) is 0 Å². The number of hydrogen-bond donors (Lipinski definition) is 0. The van der Waals surface area contributed by atoms with Crippen LogP contribution in [0.5, 0.6) is 0 Å². The van der Waals surface area contributed by atoms with E-state index in [1.165, 1.54) is 6.92 Å². The van der Waals surface area contributed by atoms with Crippen LogP contribution in [0.25, 0.3) is 0 Å². The van der Waals surface area contributed by atoms with Gasteiger partial charge < -0.3 is 4.79 Å². The average Bonchev–Trinajstić information content (AvgIpc) is 2.09. The Morgan fingerprint density at radius 3 is 1.73 bits per heavy atom. The molecule has 0 aromatic carbocycles. The molecule has 15 heavy (non-hydrogen) atoms. The molecule has 0 fully saturated rings. The molecule has 0 aliphatic rings. The van der Waals surface area contributed by atoms with Gasteiger partial charge in [-0.15, -0.1) is 0 Å². The first-order chi connectivity index (χ1) is 7.02. The molecular weight excluding hydrogens is 192 g/mol. The van der Waals surface area contributed by atoms with Crippen LogP contribution in [0, 0.1) is 0 Å². The summed E-state index contributed by atoms with van der Waals surface area (Å²) in [5.41, 5.74) is 0. The maximum atomic E-state index is 11.1. The van der Waals surface area contributed by atoms with E-state index >= 15 is 0 Å². The maximum absolute atomic E-state index is 11.1. The number of Topliss-reactive ketones (excluding diaryl/α,β-unsaturated/α-hetero) is 3. The first-order valence-corrected chi connectivity index (χ1v) is 5.53. The van der Waals surface area contributed by atoms with Crippen molar-refractivity contribution in [1.29, 1.82) is 0 Å². The molecule has 0 heterocycles. The zero-order valence-electron chi connectivity index (χ0n) is 9.67. The van der Waals surface area contributed by atoms with E-state index in [1.807, 2.05) is 0 Å². The lowest BCUT2D eigenvalue weighted by Crippen LogP contribution is -2.03. The van der Waals surface area contributed by atoms with E-state index in [0.717, 1.165) is 25.7 Å². The summed E-state index contributed by atoms with van der Waals surface area (Å²) < 4.78 is 0. The van der Waals surface area contributed by atoms with Gasteiger partial charge in [-0.25, -0.2) is 0 Å². The van der Waals surface area contributed by atoms with Gasteiger partial charge in [0.15, 0.2) is 0 Å². The number of carbonyl (C=O) groups excluding carboxylic acids is 3. The molecule has 0 spiro atoms. The summed E-state index contributed by atoms with van der Waals surface area (Å²) >= 11 is 0. The van der Waals surface area contributed by atoms with Crippen LogP contribution in [0.4, 0.5) is 0 Å². The lowest BCUT2D eigenvalue weighted by molar-refractivity contribution is -0.126. The number of hydrogen-bond acceptors (Lipinski definition) is 3. The second-order valence-corrected chi connectivity index (χ2v) is 4.03. The number of unbranched alkanes of at least 4 members (excludes halogenated alkanes) is 3. The van der Waals surface area contributed by atoms with Crippen molar-refractivity contribution in [1.82, 2.24) is 0 Å². The number of rotatable bonds is 9. The van der Waals surface area contributed by atoms with Crippen molar-refractivity contribution in [2.24, 2.45) is 0 Å². The SMILES string of the molecule is CC(=O)CCCCCCC(=O)CC(C)=O. The Morgan fingerprint density at radius 1 is 0.733 bits per heavy atom. The smallest absolute Gasteiger partial charge is 0.140 e. The van der Waals surface area contributed by atoms with Gasteiger partial charge >= 0.3 is 0 Å². The van der Waals surface area contributed by atoms with Gasteiger partial charge in [0.1, 0.15) is 17.3 Å². The topological polar surface area (TPSA) is 51.2 Å². The predicted octanol–water partition coefficient (Wildman–Crippen LogP) is 2.46. The Morgan fingerprint density at radius 2 is 1.27 bits per heavy atom. The number of ketones is 3. The van der Waals surface area contributed by atoms with Crippen molar-refractivity contribution in [2.75, 3.05) is 0 Å². The Kier molecular flexibility index (Phi) is 7.78. The molecule has 0 unspecified atom stereocenters. The van der Waals surface area contributed by atoms with E-state index in [-0.39, 0.29) is 23.8 Å². The van der Waals surface area contributed by atoms with Crippen molar-refractivity contribution in [3.05, 3.63) is 0 Å². The Hall–Kier alpha value is -0.990. The second kappa shape index (κ2) is 8.33. The van der Waals surface area contributed by atoms with Gasteiger partial charge in [0.05, 0.1) is 6.42 Å². The van der Waals surface area contributed by atoms with Gasteiger partial charge in [-0.2, -0.15) is 0 Å². The Bertz CT molecular complexity index is 231. The van der Waals surface area contributed by atoms with Crippen molar-refractivity contribution >= 4 is 17.3 Å². The molecule has 0 aliphatic carbocycles. The third-order valence-corrected chi connectivity index (χ3v) is 2.18. The van der Waals surface area contributed by atoms with E-state index in [2.05, 4.69) is 0 Å². The molecule has 3 nitrogen and oxygen atoms in total. The minimum atomic E-state index is -0.0587. The first-order valence-electron chi connectivity index (χ1n) is 5.53. The van der Waals surface area contributed by atoms with Crippen LogP contribution < -0.4 is 0 Å². The van der Waals surface area contributed by atoms with Gasteiger partial charge in [0.25, 0.3) is 0 Å². The van der Waals surface area contributed by atoms with E-state index in [1.54, 1.807) is 6.92 Å². The standard InChI is InChI=1S/C12H20O3/c1-10(13)7-5-3-4-6-8-12(15)9-11(2)14/h3-9H2,1-2H3. The molecule has 0 rings (SSSR count). The first kappa shape index (κ1) is 14.0. The van der Waals surface area contributed by atoms with Crippen molar-refractivity contribution < 1.29 is 14.4 Å². The highest BCUT2D eigenvalue weighted by Crippen LogP contribution is 2.07. The van der Waals surface area contributed by atoms with Crippen molar-refractivity contribution in [2.45, 2.75) is 58.8 Å². The van der Waals surface area contributed by atoms with Gasteiger partial charge in [-0.3, -0.25) is 9.59 Å². The molecule has 0 aromatic heterocycles. The average molecular weight is 212 g/mol. The quantitative estimate of drug-likeness (QED) is 0.436. The summed E-state index contributed by atoms with van der Waals surface area (Å²) in [5.74, 6) is 0.202. The van der Waals surface area contributed by atoms with Crippen LogP contribution in [0.1, 0.15) is 58.8 Å². The van der Waals surface area contributed by atoms with Crippen molar-refractivity contribution in [3.8, 4) is 0 Å². The molecule has 0 aromatic rings. The third kappa shape index (κ3) is 10.9. The van der Waals surface area contributed by atoms with Crippen molar-refractivity contribution in [3.63, 3.8) is 0 Å². The molecule has 0 amide bonds. The molecule has 0 aliphatic heterocycles. The lowest BCUT2D eigenvalue weighted by atomic mass is 10.1. The maximum Gasteiger partial charge on any atom is 0.140 e. The third-order valence-electron chi connectivity index (χ3n) is 2.18. The minimum Gasteiger partial charge on any atom is -0.300 e. The van der Waals surface area contributed by atoms with Gasteiger partial charge in [-0.1, -0.05) is 12.8 Å². The number of carbonyl (C=O) groups is 3. The lowest BCUT2D eigenvalue weighted by Gasteiger charge is -1.99. The molecule has 3 heteroatoms. The molecule has 0 bridgehead atoms. The fraction of sp³-hybridized carbons (Fsp3) is 0.750. The highest BCUT2D eigenvalue weighted by atomic mass is 16.1. The van der Waals surface area contributed by atoms with Crippen LogP contribution in [0.15, 0.2) is 0 Å². The largest absolute Gasteiger partial charge is 0.300 e. The Balaban J connectivity index is 3.27. The monoisotopic (exact) mass is 212 g/mol. The predicted molar refractivity (Wildman–Crippen MR) is 58.7 cm³/mol. The zero-order chi connectivity index (χ0) is 11.7. The normalized spacial score (nSPS) is 10.0. The molecule has 0 radical (unpaired) electrons.